The number of benzene rings is 2. The Morgan fingerprint density at radius 2 is 1.88 bits per heavy atom. The van der Waals surface area contributed by atoms with E-state index in [9.17, 15) is 19.5 Å². The maximum Gasteiger partial charge on any atom is 0.335 e. The third-order valence-corrected chi connectivity index (χ3v) is 3.62. The number of para-hydroxylation sites is 1. The number of nitrogens with one attached hydrogen (secondary N) is 1. The van der Waals surface area contributed by atoms with Crippen molar-refractivity contribution in [3.8, 4) is 5.75 Å². The second-order valence-corrected chi connectivity index (χ2v) is 5.38. The summed E-state index contributed by atoms with van der Waals surface area (Å²) in [6.07, 6.45) is 3.68. The van der Waals surface area contributed by atoms with Gasteiger partial charge in [-0.25, -0.2) is 4.79 Å². The summed E-state index contributed by atoms with van der Waals surface area (Å²) in [5.41, 5.74) is 0.316. The molecule has 26 heavy (non-hydrogen) atoms. The summed E-state index contributed by atoms with van der Waals surface area (Å²) >= 11 is 0. The molecule has 0 atom stereocenters. The van der Waals surface area contributed by atoms with Crippen molar-refractivity contribution in [2.75, 3.05) is 5.32 Å². The molecular formula is C19H13NO6. The fourth-order valence-electron chi connectivity index (χ4n) is 2.32. The number of aromatic hydroxyl groups is 1. The quantitative estimate of drug-likeness (QED) is 0.491. The Bertz CT molecular complexity index is 1100. The lowest BCUT2D eigenvalue weighted by Crippen LogP contribution is -2.10. The first-order chi connectivity index (χ1) is 12.5. The fourth-order valence-corrected chi connectivity index (χ4v) is 2.32. The average Bonchev–Trinajstić information content (AvgIpc) is 2.63. The molecule has 0 radical (unpaired) electrons. The summed E-state index contributed by atoms with van der Waals surface area (Å²) in [5.74, 6) is -2.17. The van der Waals surface area contributed by atoms with Crippen LogP contribution in [0.25, 0.3) is 17.0 Å². The van der Waals surface area contributed by atoms with Gasteiger partial charge in [0, 0.05) is 6.08 Å². The van der Waals surface area contributed by atoms with Crippen LogP contribution in [-0.4, -0.2) is 22.1 Å². The average molecular weight is 351 g/mol. The molecule has 0 spiro atoms. The molecule has 0 saturated heterocycles. The van der Waals surface area contributed by atoms with Crippen LogP contribution in [0.15, 0.2) is 64.0 Å². The van der Waals surface area contributed by atoms with Crippen molar-refractivity contribution in [3.05, 3.63) is 76.2 Å². The highest BCUT2D eigenvalue weighted by Crippen LogP contribution is 2.24. The van der Waals surface area contributed by atoms with E-state index in [1.54, 1.807) is 24.3 Å². The van der Waals surface area contributed by atoms with Crippen molar-refractivity contribution < 1.29 is 24.2 Å². The minimum Gasteiger partial charge on any atom is -0.506 e. The third-order valence-electron chi connectivity index (χ3n) is 3.62. The highest BCUT2D eigenvalue weighted by molar-refractivity contribution is 6.03. The molecule has 3 rings (SSSR count). The van der Waals surface area contributed by atoms with Crippen LogP contribution >= 0.6 is 0 Å². The number of phenols is 1. The Balaban J connectivity index is 1.79. The van der Waals surface area contributed by atoms with Crippen LogP contribution in [0.4, 0.5) is 5.69 Å². The molecule has 1 amide bonds. The van der Waals surface area contributed by atoms with Gasteiger partial charge in [0.25, 0.3) is 0 Å². The normalized spacial score (nSPS) is 10.9. The number of carboxylic acid groups (broad SMARTS) is 1. The molecular weight excluding hydrogens is 338 g/mol. The predicted octanol–water partition coefficient (Wildman–Crippen LogP) is 2.85. The van der Waals surface area contributed by atoms with Crippen LogP contribution in [0.1, 0.15) is 15.9 Å². The van der Waals surface area contributed by atoms with E-state index in [1.165, 1.54) is 24.5 Å². The maximum atomic E-state index is 12.3. The van der Waals surface area contributed by atoms with Crippen molar-refractivity contribution in [2.24, 2.45) is 0 Å². The van der Waals surface area contributed by atoms with Crippen LogP contribution in [-0.2, 0) is 4.79 Å². The zero-order chi connectivity index (χ0) is 18.7. The van der Waals surface area contributed by atoms with Gasteiger partial charge in [-0.2, -0.15) is 0 Å². The van der Waals surface area contributed by atoms with Crippen LogP contribution < -0.4 is 10.7 Å². The molecule has 0 bridgehead atoms. The molecule has 0 aliphatic rings. The molecule has 1 heterocycles. The van der Waals surface area contributed by atoms with Crippen molar-refractivity contribution >= 4 is 34.6 Å². The number of carbonyl (C=O) groups excluding carboxylic acids is 1. The minimum atomic E-state index is -1.19. The van der Waals surface area contributed by atoms with E-state index in [-0.39, 0.29) is 28.0 Å². The third kappa shape index (κ3) is 3.46. The highest BCUT2D eigenvalue weighted by Gasteiger charge is 2.09. The molecule has 130 valence electrons. The molecule has 0 saturated carbocycles. The number of amides is 1. The van der Waals surface area contributed by atoms with Crippen LogP contribution in [0.5, 0.6) is 5.75 Å². The zero-order valence-corrected chi connectivity index (χ0v) is 13.3. The molecule has 0 fully saturated rings. The van der Waals surface area contributed by atoms with Gasteiger partial charge in [-0.15, -0.1) is 0 Å². The first-order valence-electron chi connectivity index (χ1n) is 7.51. The summed E-state index contributed by atoms with van der Waals surface area (Å²) in [5, 5.41) is 21.4. The van der Waals surface area contributed by atoms with Crippen LogP contribution in [0.2, 0.25) is 0 Å². The van der Waals surface area contributed by atoms with Gasteiger partial charge in [0.1, 0.15) is 17.6 Å². The minimum absolute atomic E-state index is 0.0511. The molecule has 7 nitrogen and oxygen atoms in total. The van der Waals surface area contributed by atoms with E-state index in [0.29, 0.717) is 11.0 Å². The largest absolute Gasteiger partial charge is 0.506 e. The number of fused-ring (bicyclic) bond motifs is 1. The summed E-state index contributed by atoms with van der Waals surface area (Å²) < 4.78 is 5.35. The Kier molecular flexibility index (Phi) is 4.53. The van der Waals surface area contributed by atoms with Crippen molar-refractivity contribution in [3.63, 3.8) is 0 Å². The Labute approximate surface area is 146 Å². The predicted molar refractivity (Wildman–Crippen MR) is 95.2 cm³/mol. The summed E-state index contributed by atoms with van der Waals surface area (Å²) in [6.45, 7) is 0. The Morgan fingerprint density at radius 3 is 2.62 bits per heavy atom. The molecule has 0 aliphatic heterocycles. The number of anilines is 1. The van der Waals surface area contributed by atoms with Gasteiger partial charge in [0.2, 0.25) is 5.91 Å². The number of phenolic OH excluding ortho intramolecular Hbond substituents is 1. The fraction of sp³-hybridized carbons (Fsp3) is 0. The topological polar surface area (TPSA) is 117 Å². The lowest BCUT2D eigenvalue weighted by molar-refractivity contribution is -0.111. The van der Waals surface area contributed by atoms with E-state index in [4.69, 9.17) is 9.52 Å². The van der Waals surface area contributed by atoms with Crippen molar-refractivity contribution in [1.82, 2.24) is 0 Å². The lowest BCUT2D eigenvalue weighted by atomic mass is 10.1. The van der Waals surface area contributed by atoms with Gasteiger partial charge >= 0.3 is 5.97 Å². The van der Waals surface area contributed by atoms with Crippen molar-refractivity contribution in [1.29, 1.82) is 0 Å². The molecule has 7 heteroatoms. The lowest BCUT2D eigenvalue weighted by Gasteiger charge is -2.05. The zero-order valence-electron chi connectivity index (χ0n) is 13.3. The van der Waals surface area contributed by atoms with Gasteiger partial charge in [-0.1, -0.05) is 12.1 Å². The number of hydrogen-bond donors (Lipinski definition) is 3. The summed E-state index contributed by atoms with van der Waals surface area (Å²) in [6, 6.07) is 10.3. The number of hydrogen-bond acceptors (Lipinski definition) is 5. The standard InChI is InChI=1S/C19H13NO6/c21-15-9-11(19(24)25)5-7-14(15)20-17(22)8-6-12-10-26-16-4-2-1-3-13(16)18(12)23/h1-10,21H,(H,20,22)(H,24,25)/b8-6+. The maximum absolute atomic E-state index is 12.3. The van der Waals surface area contributed by atoms with E-state index in [1.807, 2.05) is 0 Å². The van der Waals surface area contributed by atoms with Crippen molar-refractivity contribution in [2.45, 2.75) is 0 Å². The van der Waals surface area contributed by atoms with E-state index in [2.05, 4.69) is 5.32 Å². The van der Waals surface area contributed by atoms with E-state index < -0.39 is 11.9 Å². The van der Waals surface area contributed by atoms with Gasteiger partial charge in [-0.05, 0) is 36.4 Å². The molecule has 1 aromatic heterocycles. The van der Waals surface area contributed by atoms with Gasteiger partial charge in [0.15, 0.2) is 5.43 Å². The van der Waals surface area contributed by atoms with Gasteiger partial charge in [0.05, 0.1) is 22.2 Å². The molecule has 0 aliphatic carbocycles. The smallest absolute Gasteiger partial charge is 0.335 e. The number of rotatable bonds is 4. The Hall–Kier alpha value is -3.87. The molecule has 0 unspecified atom stereocenters. The van der Waals surface area contributed by atoms with E-state index >= 15 is 0 Å². The summed E-state index contributed by atoms with van der Waals surface area (Å²) in [4.78, 5) is 35.1. The SMILES string of the molecule is O=C(/C=C/c1coc2ccccc2c1=O)Nc1ccc(C(=O)O)cc1O. The molecule has 3 aromatic rings. The van der Waals surface area contributed by atoms with E-state index in [0.717, 1.165) is 12.1 Å². The monoisotopic (exact) mass is 351 g/mol. The highest BCUT2D eigenvalue weighted by atomic mass is 16.4. The van der Waals surface area contributed by atoms with Gasteiger partial charge < -0.3 is 19.9 Å². The second kappa shape index (κ2) is 6.94. The number of carbonyl (C=O) groups is 2. The van der Waals surface area contributed by atoms with Crippen LogP contribution in [0.3, 0.4) is 0 Å². The Morgan fingerprint density at radius 1 is 1.12 bits per heavy atom. The van der Waals surface area contributed by atoms with Gasteiger partial charge in [-0.3, -0.25) is 9.59 Å². The number of aromatic carboxylic acids is 1. The first kappa shape index (κ1) is 17.0. The molecule has 3 N–H and O–H groups in total. The molecule has 2 aromatic carbocycles. The van der Waals surface area contributed by atoms with Crippen LogP contribution in [0, 0.1) is 0 Å². The summed E-state index contributed by atoms with van der Waals surface area (Å²) in [7, 11) is 0. The second-order valence-electron chi connectivity index (χ2n) is 5.38. The number of carboxylic acids is 1. The first-order valence-corrected chi connectivity index (χ1v) is 7.51.